The highest BCUT2D eigenvalue weighted by molar-refractivity contribution is 5.92. The number of nitrogens with zero attached hydrogens (tertiary/aromatic N) is 1. The molecule has 1 unspecified atom stereocenters. The minimum absolute atomic E-state index is 0.0255. The third-order valence-electron chi connectivity index (χ3n) is 4.79. The van der Waals surface area contributed by atoms with E-state index < -0.39 is 0 Å². The fourth-order valence-electron chi connectivity index (χ4n) is 3.52. The first-order chi connectivity index (χ1) is 12.3. The molecule has 2 fully saturated rings. The van der Waals surface area contributed by atoms with Crippen molar-refractivity contribution in [3.05, 3.63) is 29.8 Å². The van der Waals surface area contributed by atoms with Crippen molar-refractivity contribution in [1.82, 2.24) is 4.90 Å². The summed E-state index contributed by atoms with van der Waals surface area (Å²) in [5.74, 6) is 1.78. The molecule has 6 nitrogen and oxygen atoms in total. The SMILES string of the molecule is O=C(/C=C/c1ccc2c(c1)OCCO2)N1CCCC(C2OCCO2)C1. The van der Waals surface area contributed by atoms with E-state index in [1.807, 2.05) is 29.2 Å². The molecule has 134 valence electrons. The zero-order valence-electron chi connectivity index (χ0n) is 14.2. The van der Waals surface area contributed by atoms with Crippen LogP contribution in [-0.4, -0.2) is 56.6 Å². The van der Waals surface area contributed by atoms with Crippen LogP contribution < -0.4 is 9.47 Å². The molecule has 1 amide bonds. The third-order valence-corrected chi connectivity index (χ3v) is 4.79. The van der Waals surface area contributed by atoms with Crippen LogP contribution in [0.5, 0.6) is 11.5 Å². The molecule has 1 aromatic carbocycles. The lowest BCUT2D eigenvalue weighted by Gasteiger charge is -2.34. The largest absolute Gasteiger partial charge is 0.486 e. The first kappa shape index (κ1) is 16.4. The predicted molar refractivity (Wildman–Crippen MR) is 91.5 cm³/mol. The summed E-state index contributed by atoms with van der Waals surface area (Å²) < 4.78 is 22.3. The lowest BCUT2D eigenvalue weighted by molar-refractivity contribution is -0.134. The maximum Gasteiger partial charge on any atom is 0.246 e. The predicted octanol–water partition coefficient (Wildman–Crippen LogP) is 2.08. The van der Waals surface area contributed by atoms with Gasteiger partial charge < -0.3 is 23.8 Å². The molecule has 0 radical (unpaired) electrons. The molecule has 0 aliphatic carbocycles. The number of likely N-dealkylation sites (tertiary alicyclic amines) is 1. The first-order valence-corrected chi connectivity index (χ1v) is 8.89. The summed E-state index contributed by atoms with van der Waals surface area (Å²) in [4.78, 5) is 14.4. The van der Waals surface area contributed by atoms with Gasteiger partial charge >= 0.3 is 0 Å². The smallest absolute Gasteiger partial charge is 0.246 e. The van der Waals surface area contributed by atoms with Crippen molar-refractivity contribution in [2.45, 2.75) is 19.1 Å². The van der Waals surface area contributed by atoms with Crippen molar-refractivity contribution < 1.29 is 23.7 Å². The average molecular weight is 345 g/mol. The van der Waals surface area contributed by atoms with Crippen LogP contribution in [0.2, 0.25) is 0 Å². The van der Waals surface area contributed by atoms with Crippen molar-refractivity contribution in [3.63, 3.8) is 0 Å². The molecule has 6 heteroatoms. The van der Waals surface area contributed by atoms with Gasteiger partial charge in [-0.3, -0.25) is 4.79 Å². The highest BCUT2D eigenvalue weighted by Gasteiger charge is 2.32. The molecule has 0 aromatic heterocycles. The van der Waals surface area contributed by atoms with E-state index >= 15 is 0 Å². The molecule has 1 atom stereocenters. The maximum absolute atomic E-state index is 12.5. The summed E-state index contributed by atoms with van der Waals surface area (Å²) in [6.45, 7) is 3.91. The number of amides is 1. The Morgan fingerprint density at radius 1 is 1.08 bits per heavy atom. The van der Waals surface area contributed by atoms with E-state index in [1.165, 1.54) is 0 Å². The highest BCUT2D eigenvalue weighted by Crippen LogP contribution is 2.31. The van der Waals surface area contributed by atoms with Crippen LogP contribution in [0.4, 0.5) is 0 Å². The lowest BCUT2D eigenvalue weighted by Crippen LogP contribution is -2.43. The molecule has 3 aliphatic heterocycles. The Morgan fingerprint density at radius 2 is 1.88 bits per heavy atom. The lowest BCUT2D eigenvalue weighted by atomic mass is 9.97. The number of hydrogen-bond donors (Lipinski definition) is 0. The van der Waals surface area contributed by atoms with Gasteiger partial charge in [-0.15, -0.1) is 0 Å². The fraction of sp³-hybridized carbons (Fsp3) is 0.526. The van der Waals surface area contributed by atoms with Gasteiger partial charge in [-0.2, -0.15) is 0 Å². The van der Waals surface area contributed by atoms with E-state index in [4.69, 9.17) is 18.9 Å². The zero-order valence-corrected chi connectivity index (χ0v) is 14.2. The number of carbonyl (C=O) groups excluding carboxylic acids is 1. The normalized spacial score (nSPS) is 24.0. The average Bonchev–Trinajstić information content (AvgIpc) is 3.21. The molecule has 25 heavy (non-hydrogen) atoms. The standard InChI is InChI=1S/C19H23NO5/c21-18(20-7-1-2-15(13-20)19-24-10-11-25-19)6-4-14-3-5-16-17(12-14)23-9-8-22-16/h3-6,12,15,19H,1-2,7-11,13H2/b6-4+. The second-order valence-corrected chi connectivity index (χ2v) is 6.53. The van der Waals surface area contributed by atoms with E-state index in [0.29, 0.717) is 33.0 Å². The van der Waals surface area contributed by atoms with Crippen molar-refractivity contribution in [1.29, 1.82) is 0 Å². The minimum Gasteiger partial charge on any atom is -0.486 e. The molecule has 3 aliphatic rings. The summed E-state index contributed by atoms with van der Waals surface area (Å²) in [5, 5.41) is 0. The van der Waals surface area contributed by atoms with E-state index in [2.05, 4.69) is 0 Å². The molecule has 3 heterocycles. The van der Waals surface area contributed by atoms with Gasteiger partial charge in [0.25, 0.3) is 0 Å². The van der Waals surface area contributed by atoms with Gasteiger partial charge in [0, 0.05) is 25.1 Å². The van der Waals surface area contributed by atoms with Crippen molar-refractivity contribution in [2.24, 2.45) is 5.92 Å². The van der Waals surface area contributed by atoms with E-state index in [-0.39, 0.29) is 18.1 Å². The maximum atomic E-state index is 12.5. The highest BCUT2D eigenvalue weighted by atomic mass is 16.7. The summed E-state index contributed by atoms with van der Waals surface area (Å²) in [6, 6.07) is 5.71. The number of carbonyl (C=O) groups is 1. The van der Waals surface area contributed by atoms with Crippen LogP contribution in [-0.2, 0) is 14.3 Å². The number of ether oxygens (including phenoxy) is 4. The third kappa shape index (κ3) is 3.80. The van der Waals surface area contributed by atoms with Gasteiger partial charge in [-0.1, -0.05) is 6.07 Å². The van der Waals surface area contributed by atoms with Crippen molar-refractivity contribution in [3.8, 4) is 11.5 Å². The van der Waals surface area contributed by atoms with Crippen LogP contribution in [0.1, 0.15) is 18.4 Å². The number of fused-ring (bicyclic) bond motifs is 1. The van der Waals surface area contributed by atoms with Gasteiger partial charge in [0.05, 0.1) is 13.2 Å². The van der Waals surface area contributed by atoms with Crippen molar-refractivity contribution in [2.75, 3.05) is 39.5 Å². The molecule has 0 bridgehead atoms. The number of rotatable bonds is 3. The Balaban J connectivity index is 1.38. The number of benzene rings is 1. The monoisotopic (exact) mass is 345 g/mol. The summed E-state index contributed by atoms with van der Waals surface area (Å²) >= 11 is 0. The first-order valence-electron chi connectivity index (χ1n) is 8.89. The van der Waals surface area contributed by atoms with Gasteiger partial charge in [0.2, 0.25) is 5.91 Å². The van der Waals surface area contributed by atoms with E-state index in [0.717, 1.165) is 36.4 Å². The van der Waals surface area contributed by atoms with Crippen LogP contribution in [0.25, 0.3) is 6.08 Å². The summed E-state index contributed by atoms with van der Waals surface area (Å²) in [5.41, 5.74) is 0.925. The second-order valence-electron chi connectivity index (χ2n) is 6.53. The molecule has 1 aromatic rings. The van der Waals surface area contributed by atoms with Crippen molar-refractivity contribution >= 4 is 12.0 Å². The van der Waals surface area contributed by atoms with Crippen LogP contribution in [0.15, 0.2) is 24.3 Å². The molecule has 2 saturated heterocycles. The summed E-state index contributed by atoms with van der Waals surface area (Å²) in [7, 11) is 0. The Labute approximate surface area is 147 Å². The Bertz CT molecular complexity index is 653. The summed E-state index contributed by atoms with van der Waals surface area (Å²) in [6.07, 6.45) is 5.33. The fourth-order valence-corrected chi connectivity index (χ4v) is 3.52. The topological polar surface area (TPSA) is 57.2 Å². The molecule has 4 rings (SSSR count). The molecular formula is C19H23NO5. The molecular weight excluding hydrogens is 322 g/mol. The second kappa shape index (κ2) is 7.45. The molecule has 0 N–H and O–H groups in total. The van der Waals surface area contributed by atoms with E-state index in [9.17, 15) is 4.79 Å². The Hall–Kier alpha value is -2.05. The number of piperidine rings is 1. The number of hydrogen-bond acceptors (Lipinski definition) is 5. The van der Waals surface area contributed by atoms with Crippen LogP contribution >= 0.6 is 0 Å². The minimum atomic E-state index is -0.155. The van der Waals surface area contributed by atoms with Crippen LogP contribution in [0, 0.1) is 5.92 Å². The van der Waals surface area contributed by atoms with Gasteiger partial charge in [0.15, 0.2) is 17.8 Å². The zero-order chi connectivity index (χ0) is 17.1. The van der Waals surface area contributed by atoms with Gasteiger partial charge in [-0.05, 0) is 36.6 Å². The van der Waals surface area contributed by atoms with Gasteiger partial charge in [0.1, 0.15) is 13.2 Å². The van der Waals surface area contributed by atoms with E-state index in [1.54, 1.807) is 6.08 Å². The Morgan fingerprint density at radius 3 is 2.72 bits per heavy atom. The molecule has 0 saturated carbocycles. The molecule has 0 spiro atoms. The quantitative estimate of drug-likeness (QED) is 0.785. The van der Waals surface area contributed by atoms with Crippen LogP contribution in [0.3, 0.4) is 0 Å². The Kier molecular flexibility index (Phi) is 4.90. The van der Waals surface area contributed by atoms with Gasteiger partial charge in [-0.25, -0.2) is 0 Å².